The number of rotatable bonds is 7. The number of nitrogens with zero attached hydrogens (tertiary/aromatic N) is 1. The first kappa shape index (κ1) is 26.7. The number of hydrogen-bond donors (Lipinski definition) is 1. The molecule has 0 spiro atoms. The van der Waals surface area contributed by atoms with Crippen LogP contribution in [0.1, 0.15) is 45.7 Å². The lowest BCUT2D eigenvalue weighted by molar-refractivity contribution is -0.143. The highest BCUT2D eigenvalue weighted by molar-refractivity contribution is 5.90. The normalized spacial score (nSPS) is 16.5. The van der Waals surface area contributed by atoms with E-state index < -0.39 is 41.4 Å². The third kappa shape index (κ3) is 6.53. The molecule has 1 aliphatic rings. The first-order valence-electron chi connectivity index (χ1n) is 11.5. The van der Waals surface area contributed by atoms with Gasteiger partial charge < -0.3 is 9.15 Å². The molecule has 0 aliphatic carbocycles. The number of piperidine rings is 1. The van der Waals surface area contributed by atoms with E-state index in [-0.39, 0.29) is 24.0 Å². The Morgan fingerprint density at radius 3 is 2.08 bits per heavy atom. The molecule has 0 unspecified atom stereocenters. The molecular weight excluding hydrogens is 502 g/mol. The molecule has 4 rings (SSSR count). The first-order chi connectivity index (χ1) is 17.5. The van der Waals surface area contributed by atoms with E-state index in [2.05, 4.69) is 5.43 Å². The van der Waals surface area contributed by atoms with Crippen LogP contribution in [0.25, 0.3) is 0 Å². The molecule has 1 aromatic heterocycles. The summed E-state index contributed by atoms with van der Waals surface area (Å²) >= 11 is 0. The molecule has 37 heavy (non-hydrogen) atoms. The molecule has 2 aromatic carbocycles. The minimum Gasteiger partial charge on any atom is -0.459 e. The first-order valence-corrected chi connectivity index (χ1v) is 11.5. The lowest BCUT2D eigenvalue weighted by Gasteiger charge is -2.42. The average Bonchev–Trinajstić information content (AvgIpc) is 3.40. The summed E-state index contributed by atoms with van der Waals surface area (Å²) < 4.78 is 90.1. The SMILES string of the molecule is O=C(NN1CCC(COCc2cc(C(F)(F)F)cc(C(F)(F)F)c2)(c2ccccc2)CC1)c1ccco1. The molecule has 2 heterocycles. The predicted octanol–water partition coefficient (Wildman–Crippen LogP) is 6.21. The fourth-order valence-corrected chi connectivity index (χ4v) is 4.43. The minimum absolute atomic E-state index is 0.0780. The van der Waals surface area contributed by atoms with Crippen molar-refractivity contribution in [1.29, 1.82) is 0 Å². The lowest BCUT2D eigenvalue weighted by atomic mass is 9.73. The highest BCUT2D eigenvalue weighted by Crippen LogP contribution is 2.38. The van der Waals surface area contributed by atoms with E-state index >= 15 is 0 Å². The highest BCUT2D eigenvalue weighted by Gasteiger charge is 2.39. The Balaban J connectivity index is 1.47. The third-order valence-electron chi connectivity index (χ3n) is 6.41. The second kappa shape index (κ2) is 10.6. The summed E-state index contributed by atoms with van der Waals surface area (Å²) in [6.07, 6.45) is -7.38. The number of carbonyl (C=O) groups excluding carboxylic acids is 1. The van der Waals surface area contributed by atoms with Crippen LogP contribution in [0.2, 0.25) is 0 Å². The van der Waals surface area contributed by atoms with Crippen molar-refractivity contribution in [3.8, 4) is 0 Å². The Morgan fingerprint density at radius 1 is 0.919 bits per heavy atom. The molecule has 0 atom stereocenters. The fourth-order valence-electron chi connectivity index (χ4n) is 4.43. The van der Waals surface area contributed by atoms with E-state index in [1.165, 1.54) is 6.26 Å². The maximum Gasteiger partial charge on any atom is 0.416 e. The molecule has 1 N–H and O–H groups in total. The van der Waals surface area contributed by atoms with Gasteiger partial charge in [-0.25, -0.2) is 5.01 Å². The van der Waals surface area contributed by atoms with Crippen LogP contribution in [0.4, 0.5) is 26.3 Å². The predicted molar refractivity (Wildman–Crippen MR) is 121 cm³/mol. The molecular formula is C26H24F6N2O3. The van der Waals surface area contributed by atoms with Crippen molar-refractivity contribution in [3.63, 3.8) is 0 Å². The quantitative estimate of drug-likeness (QED) is 0.372. The van der Waals surface area contributed by atoms with Crippen molar-refractivity contribution in [3.05, 3.63) is 94.9 Å². The number of hydrazine groups is 1. The van der Waals surface area contributed by atoms with Crippen LogP contribution >= 0.6 is 0 Å². The number of nitrogens with one attached hydrogen (secondary N) is 1. The van der Waals surface area contributed by atoms with Gasteiger partial charge in [0.05, 0.1) is 30.6 Å². The van der Waals surface area contributed by atoms with Crippen LogP contribution in [0.15, 0.2) is 71.3 Å². The summed E-state index contributed by atoms with van der Waals surface area (Å²) in [5, 5.41) is 1.74. The average molecular weight is 526 g/mol. The molecule has 0 saturated carbocycles. The van der Waals surface area contributed by atoms with Gasteiger partial charge in [0.15, 0.2) is 5.76 Å². The number of furan rings is 1. The number of alkyl halides is 6. The van der Waals surface area contributed by atoms with Crippen LogP contribution in [0, 0.1) is 0 Å². The monoisotopic (exact) mass is 526 g/mol. The smallest absolute Gasteiger partial charge is 0.416 e. The molecule has 0 radical (unpaired) electrons. The number of benzene rings is 2. The summed E-state index contributed by atoms with van der Waals surface area (Å²) in [6.45, 7) is 0.564. The summed E-state index contributed by atoms with van der Waals surface area (Å²) in [6, 6.07) is 14.0. The van der Waals surface area contributed by atoms with Gasteiger partial charge in [0.1, 0.15) is 0 Å². The van der Waals surface area contributed by atoms with Gasteiger partial charge in [-0.3, -0.25) is 10.2 Å². The summed E-state index contributed by atoms with van der Waals surface area (Å²) in [4.78, 5) is 12.3. The van der Waals surface area contributed by atoms with E-state index in [4.69, 9.17) is 9.15 Å². The van der Waals surface area contributed by atoms with Crippen molar-refractivity contribution >= 4 is 5.91 Å². The topological polar surface area (TPSA) is 54.7 Å². The highest BCUT2D eigenvalue weighted by atomic mass is 19.4. The maximum absolute atomic E-state index is 13.2. The van der Waals surface area contributed by atoms with Crippen molar-refractivity contribution in [2.45, 2.75) is 37.2 Å². The number of ether oxygens (including phenoxy) is 1. The Labute approximate surface area is 209 Å². The van der Waals surface area contributed by atoms with E-state index in [1.54, 1.807) is 17.1 Å². The largest absolute Gasteiger partial charge is 0.459 e. The van der Waals surface area contributed by atoms with Crippen LogP contribution in [0.3, 0.4) is 0 Å². The summed E-state index contributed by atoms with van der Waals surface area (Å²) in [7, 11) is 0. The lowest BCUT2D eigenvalue weighted by Crippen LogP contribution is -2.51. The van der Waals surface area contributed by atoms with Crippen molar-refractivity contribution in [2.75, 3.05) is 19.7 Å². The zero-order valence-electron chi connectivity index (χ0n) is 19.5. The van der Waals surface area contributed by atoms with Crippen LogP contribution in [-0.2, 0) is 29.1 Å². The molecule has 0 bridgehead atoms. The molecule has 1 amide bonds. The van der Waals surface area contributed by atoms with Gasteiger partial charge in [-0.15, -0.1) is 0 Å². The van der Waals surface area contributed by atoms with Gasteiger partial charge in [-0.1, -0.05) is 30.3 Å². The second-order valence-corrected chi connectivity index (χ2v) is 8.96. The number of carbonyl (C=O) groups is 1. The zero-order valence-corrected chi connectivity index (χ0v) is 19.5. The van der Waals surface area contributed by atoms with Gasteiger partial charge in [0.25, 0.3) is 0 Å². The van der Waals surface area contributed by atoms with Gasteiger partial charge in [-0.2, -0.15) is 26.3 Å². The molecule has 5 nitrogen and oxygen atoms in total. The molecule has 1 fully saturated rings. The minimum atomic E-state index is -4.92. The van der Waals surface area contributed by atoms with E-state index in [0.29, 0.717) is 38.1 Å². The molecule has 198 valence electrons. The van der Waals surface area contributed by atoms with E-state index in [1.807, 2.05) is 30.3 Å². The third-order valence-corrected chi connectivity index (χ3v) is 6.41. The van der Waals surface area contributed by atoms with Gasteiger partial charge in [0.2, 0.25) is 0 Å². The summed E-state index contributed by atoms with van der Waals surface area (Å²) in [5.74, 6) is -0.221. The maximum atomic E-state index is 13.2. The Kier molecular flexibility index (Phi) is 7.65. The number of halogens is 6. The molecule has 1 saturated heterocycles. The van der Waals surface area contributed by atoms with Crippen LogP contribution in [-0.4, -0.2) is 30.6 Å². The van der Waals surface area contributed by atoms with Gasteiger partial charge >= 0.3 is 18.3 Å². The van der Waals surface area contributed by atoms with Crippen molar-refractivity contribution < 1.29 is 40.3 Å². The van der Waals surface area contributed by atoms with Crippen molar-refractivity contribution in [2.24, 2.45) is 0 Å². The van der Waals surface area contributed by atoms with Crippen molar-refractivity contribution in [1.82, 2.24) is 10.4 Å². The molecule has 1 aliphatic heterocycles. The Hall–Kier alpha value is -3.31. The number of amides is 1. The standard InChI is InChI=1S/C26H24F6N2O3/c27-25(28,29)20-13-18(14-21(15-20)26(30,31)32)16-36-17-24(19-5-2-1-3-6-19)8-10-34(11-9-24)33-23(35)22-7-4-12-37-22/h1-7,12-15H,8-11,16-17H2,(H,33,35). The Morgan fingerprint density at radius 2 is 1.54 bits per heavy atom. The molecule has 11 heteroatoms. The van der Waals surface area contributed by atoms with Crippen LogP contribution in [0.5, 0.6) is 0 Å². The second-order valence-electron chi connectivity index (χ2n) is 8.96. The molecule has 3 aromatic rings. The Bertz CT molecular complexity index is 1150. The van der Waals surface area contributed by atoms with Gasteiger partial charge in [0, 0.05) is 18.5 Å². The van der Waals surface area contributed by atoms with Gasteiger partial charge in [-0.05, 0) is 54.3 Å². The van der Waals surface area contributed by atoms with Crippen LogP contribution < -0.4 is 5.43 Å². The summed E-state index contributed by atoms with van der Waals surface area (Å²) in [5.41, 5.74) is 0.211. The fraction of sp³-hybridized carbons (Fsp3) is 0.346. The van der Waals surface area contributed by atoms with E-state index in [0.717, 1.165) is 5.56 Å². The number of hydrogen-bond acceptors (Lipinski definition) is 4. The zero-order chi connectivity index (χ0) is 26.7. The van der Waals surface area contributed by atoms with E-state index in [9.17, 15) is 31.1 Å².